The summed E-state index contributed by atoms with van der Waals surface area (Å²) in [7, 11) is 2.13. The van der Waals surface area contributed by atoms with Gasteiger partial charge in [-0.1, -0.05) is 5.11 Å². The van der Waals surface area contributed by atoms with Gasteiger partial charge in [0.15, 0.2) is 0 Å². The van der Waals surface area contributed by atoms with Crippen LogP contribution in [0.4, 0.5) is 0 Å². The Bertz CT molecular complexity index is 158. The molecule has 0 aromatic rings. The van der Waals surface area contributed by atoms with Crippen molar-refractivity contribution in [2.75, 3.05) is 20.1 Å². The third-order valence-electron chi connectivity index (χ3n) is 2.00. The smallest absolute Gasteiger partial charge is 0.0270 e. The predicted octanol–water partition coefficient (Wildman–Crippen LogP) is 1.78. The van der Waals surface area contributed by atoms with Crippen LogP contribution in [0.3, 0.4) is 0 Å². The largest absolute Gasteiger partial charge is 0.303 e. The molecule has 1 aliphatic rings. The zero-order valence-electron chi connectivity index (χ0n) is 6.90. The average Bonchev–Trinajstić information content (AvgIpc) is 2.79. The van der Waals surface area contributed by atoms with Gasteiger partial charge in [-0.05, 0) is 38.4 Å². The van der Waals surface area contributed by atoms with E-state index in [1.54, 1.807) is 0 Å². The molecule has 0 radical (unpaired) electrons. The second-order valence-corrected chi connectivity index (χ2v) is 3.02. The highest BCUT2D eigenvalue weighted by atomic mass is 15.2. The molecular formula is C7H14N4. The Kier molecular flexibility index (Phi) is 3.20. The van der Waals surface area contributed by atoms with Crippen molar-refractivity contribution in [2.45, 2.75) is 25.3 Å². The first-order valence-electron chi connectivity index (χ1n) is 4.05. The van der Waals surface area contributed by atoms with Gasteiger partial charge in [0.25, 0.3) is 0 Å². The van der Waals surface area contributed by atoms with Gasteiger partial charge in [-0.3, -0.25) is 0 Å². The molecule has 0 heterocycles. The zero-order valence-corrected chi connectivity index (χ0v) is 6.90. The molecule has 0 aliphatic heterocycles. The average molecular weight is 154 g/mol. The van der Waals surface area contributed by atoms with Crippen LogP contribution in [0.2, 0.25) is 0 Å². The maximum absolute atomic E-state index is 8.00. The van der Waals surface area contributed by atoms with Crippen LogP contribution in [0.25, 0.3) is 10.4 Å². The molecule has 0 N–H and O–H groups in total. The SMILES string of the molecule is CN(CCCN=[N+]=[N-])C1CC1. The normalized spacial score (nSPS) is 16.5. The van der Waals surface area contributed by atoms with Crippen molar-refractivity contribution >= 4 is 0 Å². The van der Waals surface area contributed by atoms with Crippen LogP contribution in [0.5, 0.6) is 0 Å². The quantitative estimate of drug-likeness (QED) is 0.258. The third kappa shape index (κ3) is 3.25. The van der Waals surface area contributed by atoms with Gasteiger partial charge in [-0.15, -0.1) is 0 Å². The van der Waals surface area contributed by atoms with Crippen molar-refractivity contribution in [1.29, 1.82) is 0 Å². The van der Waals surface area contributed by atoms with Crippen molar-refractivity contribution in [2.24, 2.45) is 5.11 Å². The van der Waals surface area contributed by atoms with Crippen LogP contribution in [0, 0.1) is 0 Å². The molecule has 0 bridgehead atoms. The minimum absolute atomic E-state index is 0.633. The molecule has 4 nitrogen and oxygen atoms in total. The first-order chi connectivity index (χ1) is 5.34. The second-order valence-electron chi connectivity index (χ2n) is 3.02. The highest BCUT2D eigenvalue weighted by Crippen LogP contribution is 2.24. The number of nitrogens with zero attached hydrogens (tertiary/aromatic N) is 4. The van der Waals surface area contributed by atoms with Crippen LogP contribution < -0.4 is 0 Å². The van der Waals surface area contributed by atoms with Gasteiger partial charge in [0, 0.05) is 17.5 Å². The zero-order chi connectivity index (χ0) is 8.10. The molecule has 1 fully saturated rings. The highest BCUT2D eigenvalue weighted by Gasteiger charge is 2.25. The van der Waals surface area contributed by atoms with Crippen LogP contribution in [-0.4, -0.2) is 31.1 Å². The van der Waals surface area contributed by atoms with Crippen molar-refractivity contribution in [3.8, 4) is 0 Å². The molecule has 0 unspecified atom stereocenters. The first kappa shape index (κ1) is 8.37. The van der Waals surface area contributed by atoms with Gasteiger partial charge in [-0.2, -0.15) is 0 Å². The van der Waals surface area contributed by atoms with Crippen molar-refractivity contribution in [3.63, 3.8) is 0 Å². The monoisotopic (exact) mass is 154 g/mol. The summed E-state index contributed by atoms with van der Waals surface area (Å²) in [5.41, 5.74) is 8.00. The number of hydrogen-bond donors (Lipinski definition) is 0. The van der Waals surface area contributed by atoms with E-state index in [0.29, 0.717) is 6.54 Å². The molecule has 0 spiro atoms. The number of rotatable bonds is 5. The lowest BCUT2D eigenvalue weighted by atomic mass is 10.4. The van der Waals surface area contributed by atoms with E-state index in [-0.39, 0.29) is 0 Å². The highest BCUT2D eigenvalue weighted by molar-refractivity contribution is 4.82. The predicted molar refractivity (Wildman–Crippen MR) is 44.3 cm³/mol. The first-order valence-corrected chi connectivity index (χ1v) is 4.05. The molecule has 0 atom stereocenters. The van der Waals surface area contributed by atoms with E-state index in [1.807, 2.05) is 0 Å². The van der Waals surface area contributed by atoms with Gasteiger partial charge in [0.2, 0.25) is 0 Å². The second kappa shape index (κ2) is 4.21. The maximum atomic E-state index is 8.00. The third-order valence-corrected chi connectivity index (χ3v) is 2.00. The summed E-state index contributed by atoms with van der Waals surface area (Å²) in [6, 6.07) is 0.820. The molecule has 0 saturated heterocycles. The summed E-state index contributed by atoms with van der Waals surface area (Å²) in [5.74, 6) is 0. The Labute approximate surface area is 66.8 Å². The van der Waals surface area contributed by atoms with Crippen molar-refractivity contribution in [3.05, 3.63) is 10.4 Å². The minimum atomic E-state index is 0.633. The summed E-state index contributed by atoms with van der Waals surface area (Å²) in [6.07, 6.45) is 3.67. The van der Waals surface area contributed by atoms with E-state index in [1.165, 1.54) is 12.8 Å². The summed E-state index contributed by atoms with van der Waals surface area (Å²) in [4.78, 5) is 5.04. The number of hydrogen-bond acceptors (Lipinski definition) is 2. The Hall–Kier alpha value is -0.730. The lowest BCUT2D eigenvalue weighted by Gasteiger charge is -2.13. The van der Waals surface area contributed by atoms with Crippen molar-refractivity contribution < 1.29 is 0 Å². The Balaban J connectivity index is 1.97. The van der Waals surface area contributed by atoms with Crippen molar-refractivity contribution in [1.82, 2.24) is 4.90 Å². The fraction of sp³-hybridized carbons (Fsp3) is 1.00. The van der Waals surface area contributed by atoms with Crippen LogP contribution in [-0.2, 0) is 0 Å². The van der Waals surface area contributed by atoms with Crippen LogP contribution in [0.15, 0.2) is 5.11 Å². The summed E-state index contributed by atoms with van der Waals surface area (Å²) >= 11 is 0. The van der Waals surface area contributed by atoms with E-state index in [0.717, 1.165) is 19.0 Å². The minimum Gasteiger partial charge on any atom is -0.303 e. The molecule has 0 aromatic heterocycles. The fourth-order valence-electron chi connectivity index (χ4n) is 1.13. The fourth-order valence-corrected chi connectivity index (χ4v) is 1.13. The summed E-state index contributed by atoms with van der Waals surface area (Å²) in [5, 5.41) is 3.48. The van der Waals surface area contributed by atoms with Gasteiger partial charge in [0.05, 0.1) is 0 Å². The van der Waals surface area contributed by atoms with E-state index in [4.69, 9.17) is 5.53 Å². The molecule has 1 aliphatic carbocycles. The molecular weight excluding hydrogens is 140 g/mol. The molecule has 11 heavy (non-hydrogen) atoms. The number of azide groups is 1. The Morgan fingerprint density at radius 3 is 2.91 bits per heavy atom. The standard InChI is InChI=1S/C7H14N4/c1-11(7-3-4-7)6-2-5-9-10-8/h7H,2-6H2,1H3. The van der Waals surface area contributed by atoms with Gasteiger partial charge in [0.1, 0.15) is 0 Å². The van der Waals surface area contributed by atoms with E-state index in [2.05, 4.69) is 22.0 Å². The molecule has 0 aromatic carbocycles. The summed E-state index contributed by atoms with van der Waals surface area (Å²) in [6.45, 7) is 1.69. The Morgan fingerprint density at radius 1 is 1.64 bits per heavy atom. The van der Waals surface area contributed by atoms with E-state index in [9.17, 15) is 0 Å². The molecule has 1 rings (SSSR count). The van der Waals surface area contributed by atoms with E-state index >= 15 is 0 Å². The maximum Gasteiger partial charge on any atom is 0.0270 e. The van der Waals surface area contributed by atoms with Gasteiger partial charge < -0.3 is 4.90 Å². The lowest BCUT2D eigenvalue weighted by Crippen LogP contribution is -2.22. The van der Waals surface area contributed by atoms with Gasteiger partial charge >= 0.3 is 0 Å². The van der Waals surface area contributed by atoms with Crippen LogP contribution >= 0.6 is 0 Å². The van der Waals surface area contributed by atoms with E-state index < -0.39 is 0 Å². The Morgan fingerprint density at radius 2 is 2.36 bits per heavy atom. The molecule has 4 heteroatoms. The molecule has 1 saturated carbocycles. The topological polar surface area (TPSA) is 52.0 Å². The van der Waals surface area contributed by atoms with Crippen LogP contribution in [0.1, 0.15) is 19.3 Å². The van der Waals surface area contributed by atoms with Gasteiger partial charge in [-0.25, -0.2) is 0 Å². The molecule has 62 valence electrons. The summed E-state index contributed by atoms with van der Waals surface area (Å²) < 4.78 is 0. The lowest BCUT2D eigenvalue weighted by molar-refractivity contribution is 0.321. The molecule has 0 amide bonds.